The van der Waals surface area contributed by atoms with Crippen molar-refractivity contribution >= 4 is 18.3 Å². The highest BCUT2D eigenvalue weighted by Gasteiger charge is 2.00. The average Bonchev–Trinajstić information content (AvgIpc) is 2.97. The first-order chi connectivity index (χ1) is 24.4. The summed E-state index contributed by atoms with van der Waals surface area (Å²) >= 11 is 0. The van der Waals surface area contributed by atoms with Gasteiger partial charge in [0.25, 0.3) is 0 Å². The molecule has 0 fully saturated rings. The van der Waals surface area contributed by atoms with Crippen LogP contribution < -0.4 is 27.0 Å². The number of hydrogen-bond donors (Lipinski definition) is 6. The summed E-state index contributed by atoms with van der Waals surface area (Å²) in [6.07, 6.45) is 0.877. The maximum atomic E-state index is 10.5. The molecule has 0 unspecified atom stereocenters. The minimum Gasteiger partial charge on any atom is -0.465 e. The van der Waals surface area contributed by atoms with Gasteiger partial charge >= 0.3 is 18.3 Å². The van der Waals surface area contributed by atoms with Crippen LogP contribution >= 0.6 is 0 Å². The van der Waals surface area contributed by atoms with Gasteiger partial charge in [0.1, 0.15) is 0 Å². The van der Waals surface area contributed by atoms with Gasteiger partial charge in [0.2, 0.25) is 6.04 Å². The third-order valence-corrected chi connectivity index (χ3v) is 4.57. The van der Waals surface area contributed by atoms with Crippen LogP contribution in [-0.4, -0.2) is 110 Å². The van der Waals surface area contributed by atoms with Crippen LogP contribution in [0.2, 0.25) is 0 Å². The summed E-state index contributed by atoms with van der Waals surface area (Å²) in [5.74, 6) is 0.884. The number of rotatable bonds is 9. The molecule has 0 spiro atoms. The number of nitrogens with two attached hydrogens (primary N) is 1. The second-order valence-corrected chi connectivity index (χ2v) is 14.3. The zero-order chi connectivity index (χ0) is 45.6. The summed E-state index contributed by atoms with van der Waals surface area (Å²) in [4.78, 5) is 41.8. The largest absolute Gasteiger partial charge is 0.465 e. The Morgan fingerprint density at radius 2 is 0.981 bits per heavy atom. The fraction of sp³-hybridized carbons (Fsp3) is 0.923. The monoisotopic (exact) mass is 790 g/mol. The molecule has 3 amide bonds. The lowest BCUT2D eigenvalue weighted by Crippen LogP contribution is -2.30. The van der Waals surface area contributed by atoms with E-state index in [1.807, 2.05) is 41.5 Å². The number of nitrogens with one attached hydrogen (secondary N) is 4. The van der Waals surface area contributed by atoms with Gasteiger partial charge in [-0.2, -0.15) is 0 Å². The number of carbonyl (C=O) groups is 3. The van der Waals surface area contributed by atoms with Crippen LogP contribution in [0.4, 0.5) is 14.4 Å². The van der Waals surface area contributed by atoms with Gasteiger partial charge in [-0.25, -0.2) is 14.4 Å². The second kappa shape index (κ2) is 56.8. The topological polar surface area (TPSA) is 210 Å². The highest BCUT2D eigenvalue weighted by atomic mass is 16.6. The molecule has 15 heteroatoms. The molecular weight excluding hydrogens is 694 g/mol. The molecule has 54 heavy (non-hydrogen) atoms. The molecule has 0 aromatic carbocycles. The van der Waals surface area contributed by atoms with Gasteiger partial charge in [0, 0.05) is 49.0 Å². The van der Waals surface area contributed by atoms with Gasteiger partial charge in [-0.1, -0.05) is 82.1 Å². The third-order valence-electron chi connectivity index (χ3n) is 4.57. The van der Waals surface area contributed by atoms with Gasteiger partial charge < -0.3 is 46.5 Å². The molecule has 15 nitrogen and oxygen atoms in total. The summed E-state index contributed by atoms with van der Waals surface area (Å²) in [6.45, 7) is 42.9. The molecule has 334 valence electrons. The quantitative estimate of drug-likeness (QED) is 0.0958. The lowest BCUT2D eigenvalue weighted by atomic mass is 10.2. The van der Waals surface area contributed by atoms with Crippen LogP contribution in [0, 0.1) is 16.0 Å². The summed E-state index contributed by atoms with van der Waals surface area (Å²) in [5, 5.41) is 28.0. The molecule has 0 saturated heterocycles. The minimum absolute atomic E-state index is 0.0255. The smallest absolute Gasteiger partial charge is 0.407 e. The van der Waals surface area contributed by atoms with Crippen LogP contribution in [0.5, 0.6) is 0 Å². The van der Waals surface area contributed by atoms with Crippen molar-refractivity contribution in [1.29, 1.82) is 0 Å². The van der Waals surface area contributed by atoms with E-state index in [4.69, 9.17) is 10.8 Å². The summed E-state index contributed by atoms with van der Waals surface area (Å²) in [6, 6.07) is 1.58. The standard InChI is InChI=1S/C6H13NO2.C5H11NO2.2C5H13N.C5H12.C4H9NO2.C3H7NO2.C3H9N.C3H8/c1-4-9-6(8)7-5(2)3;1-4(2)6-5(7)8-3;1-5(2)6(3)4;1-4-6-5(2)3;1-4-5(2)3;1-3(2)5-4(6)7;1-3(2)4(5)6;1-3(2)4;1-3-2/h5H,4H2,1-3H3,(H,7,8);4H,1-3H3,(H,6,7);5H,1-4H3;5-6H,4H2,1-3H3;5H,4H2,1-3H3;3,5H,1-2H3,(H,6,7);3H,1-2H3;3H,4H2,1-2H3;3H2,1-2H3. The van der Waals surface area contributed by atoms with Crippen molar-refractivity contribution in [2.45, 2.75) is 201 Å². The highest BCUT2D eigenvalue weighted by Crippen LogP contribution is 1.94. The van der Waals surface area contributed by atoms with Crippen LogP contribution in [-0.2, 0) is 9.47 Å². The molecule has 0 atom stereocenters. The molecule has 0 aromatic heterocycles. The van der Waals surface area contributed by atoms with Crippen molar-refractivity contribution in [1.82, 2.24) is 26.2 Å². The normalized spacial score (nSPS) is 9.30. The van der Waals surface area contributed by atoms with Crippen LogP contribution in [0.25, 0.3) is 0 Å². The fourth-order valence-corrected chi connectivity index (χ4v) is 1.36. The van der Waals surface area contributed by atoms with Gasteiger partial charge in [-0.3, -0.25) is 10.1 Å². The number of amides is 3. The number of nitro groups is 1. The maximum Gasteiger partial charge on any atom is 0.407 e. The first-order valence-corrected chi connectivity index (χ1v) is 19.5. The highest BCUT2D eigenvalue weighted by molar-refractivity contribution is 5.67. The van der Waals surface area contributed by atoms with E-state index in [9.17, 15) is 24.5 Å². The van der Waals surface area contributed by atoms with E-state index >= 15 is 0 Å². The van der Waals surface area contributed by atoms with Crippen molar-refractivity contribution in [3.63, 3.8) is 0 Å². The Morgan fingerprint density at radius 3 is 1.06 bits per heavy atom. The van der Waals surface area contributed by atoms with Crippen LogP contribution in [0.3, 0.4) is 0 Å². The molecule has 7 N–H and O–H groups in total. The summed E-state index contributed by atoms with van der Waals surface area (Å²) in [7, 11) is 5.49. The number of carboxylic acid groups (broad SMARTS) is 1. The first-order valence-electron chi connectivity index (χ1n) is 19.5. The predicted octanol–water partition coefficient (Wildman–Crippen LogP) is 9.01. The van der Waals surface area contributed by atoms with E-state index in [0.717, 1.165) is 12.5 Å². The molecule has 0 saturated carbocycles. The first kappa shape index (κ1) is 72.4. The van der Waals surface area contributed by atoms with Crippen molar-refractivity contribution in [3.05, 3.63) is 10.1 Å². The summed E-state index contributed by atoms with van der Waals surface area (Å²) < 4.78 is 8.91. The Morgan fingerprint density at radius 1 is 0.704 bits per heavy atom. The van der Waals surface area contributed by atoms with Gasteiger partial charge in [0.05, 0.1) is 13.7 Å². The zero-order valence-corrected chi connectivity index (χ0v) is 39.7. The molecular formula is C39H95N7O8. The average molecular weight is 790 g/mol. The van der Waals surface area contributed by atoms with Crippen LogP contribution in [0.1, 0.15) is 158 Å². The Labute approximate surface area is 334 Å². The number of methoxy groups -OCH3 is 1. The van der Waals surface area contributed by atoms with Crippen molar-refractivity contribution < 1.29 is 33.9 Å². The Kier molecular flexibility index (Phi) is 76.1. The van der Waals surface area contributed by atoms with Gasteiger partial charge in [0.15, 0.2) is 0 Å². The Bertz CT molecular complexity index is 742. The van der Waals surface area contributed by atoms with E-state index in [2.05, 4.69) is 119 Å². The number of nitrogens with zero attached hydrogens (tertiary/aromatic N) is 2. The van der Waals surface area contributed by atoms with Crippen molar-refractivity contribution in [2.24, 2.45) is 11.7 Å². The van der Waals surface area contributed by atoms with Crippen molar-refractivity contribution in [2.75, 3.05) is 34.4 Å². The number of alkyl carbamates (subject to hydrolysis) is 2. The Hall–Kier alpha value is -2.91. The third kappa shape index (κ3) is 155. The lowest BCUT2D eigenvalue weighted by molar-refractivity contribution is -0.513. The maximum absolute atomic E-state index is 10.5. The van der Waals surface area contributed by atoms with Gasteiger partial charge in [-0.05, 0) is 94.9 Å². The molecule has 0 heterocycles. The van der Waals surface area contributed by atoms with E-state index in [-0.39, 0.29) is 35.2 Å². The van der Waals surface area contributed by atoms with E-state index in [1.165, 1.54) is 20.0 Å². The SMILES string of the molecule is CC(C)N.CC(C)N(C)C.CC(C)NC(=O)O.CC(C)[N+](=O)[O-].CCC.CCC(C)C.CCNC(C)C.CCOC(=O)NC(C)C.COC(=O)NC(C)C. The molecule has 0 aliphatic carbocycles. The molecule has 0 rings (SSSR count). The Balaban J connectivity index is -0.0000000611. The lowest BCUT2D eigenvalue weighted by Gasteiger charge is -2.12. The minimum atomic E-state index is -0.963. The zero-order valence-electron chi connectivity index (χ0n) is 39.7. The van der Waals surface area contributed by atoms with E-state index in [1.54, 1.807) is 34.6 Å². The number of hydrogen-bond acceptors (Lipinski definition) is 10. The summed E-state index contributed by atoms with van der Waals surface area (Å²) in [5.41, 5.74) is 5.11. The molecule has 0 bridgehead atoms. The second-order valence-electron chi connectivity index (χ2n) is 14.3. The molecule has 0 aliphatic heterocycles. The predicted molar refractivity (Wildman–Crippen MR) is 232 cm³/mol. The number of ether oxygens (including phenoxy) is 2. The van der Waals surface area contributed by atoms with E-state index < -0.39 is 12.1 Å². The van der Waals surface area contributed by atoms with E-state index in [0.29, 0.717) is 24.7 Å². The van der Waals surface area contributed by atoms with Crippen LogP contribution in [0.15, 0.2) is 0 Å². The number of carbonyl (C=O) groups excluding carboxylic acids is 2. The fourth-order valence-electron chi connectivity index (χ4n) is 1.36. The van der Waals surface area contributed by atoms with Gasteiger partial charge in [-0.15, -0.1) is 0 Å². The molecule has 0 aromatic rings. The molecule has 0 radical (unpaired) electrons. The van der Waals surface area contributed by atoms with Crippen molar-refractivity contribution in [3.8, 4) is 0 Å². The molecule has 0 aliphatic rings.